The van der Waals surface area contributed by atoms with Gasteiger partial charge in [-0.25, -0.2) is 0 Å². The number of nitrogens with one attached hydrogen (secondary N) is 2. The van der Waals surface area contributed by atoms with Crippen molar-refractivity contribution in [1.29, 1.82) is 0 Å². The Bertz CT molecular complexity index is 791. The van der Waals surface area contributed by atoms with E-state index in [0.717, 1.165) is 5.56 Å². The summed E-state index contributed by atoms with van der Waals surface area (Å²) in [5.41, 5.74) is 0.583. The number of nitro groups is 1. The Balaban J connectivity index is 1.91. The molecule has 0 saturated heterocycles. The van der Waals surface area contributed by atoms with Gasteiger partial charge in [0.2, 0.25) is 0 Å². The number of carbonyl (C=O) groups is 2. The van der Waals surface area contributed by atoms with Crippen molar-refractivity contribution in [2.45, 2.75) is 6.42 Å². The molecule has 2 N–H and O–H groups in total. The number of amides is 2. The molecule has 25 heavy (non-hydrogen) atoms. The van der Waals surface area contributed by atoms with Crippen LogP contribution in [0.4, 0.5) is 11.4 Å². The molecule has 0 heterocycles. The van der Waals surface area contributed by atoms with Gasteiger partial charge in [-0.2, -0.15) is 0 Å². The van der Waals surface area contributed by atoms with Crippen molar-refractivity contribution < 1.29 is 19.2 Å². The lowest BCUT2D eigenvalue weighted by Gasteiger charge is -2.09. The van der Waals surface area contributed by atoms with Gasteiger partial charge in [0.1, 0.15) is 11.4 Å². The summed E-state index contributed by atoms with van der Waals surface area (Å²) < 4.78 is 5.21. The monoisotopic (exact) mass is 343 g/mol. The molecule has 0 aliphatic carbocycles. The third-order valence-corrected chi connectivity index (χ3v) is 3.43. The van der Waals surface area contributed by atoms with E-state index in [9.17, 15) is 19.7 Å². The van der Waals surface area contributed by atoms with Gasteiger partial charge in [-0.1, -0.05) is 30.3 Å². The fraction of sp³-hybridized carbons (Fsp3) is 0.176. The highest BCUT2D eigenvalue weighted by Crippen LogP contribution is 2.23. The second-order valence-corrected chi connectivity index (χ2v) is 5.05. The van der Waals surface area contributed by atoms with Gasteiger partial charge < -0.3 is 15.4 Å². The van der Waals surface area contributed by atoms with Crippen LogP contribution >= 0.6 is 0 Å². The molecular formula is C17H17N3O5. The second-order valence-electron chi connectivity index (χ2n) is 5.05. The zero-order chi connectivity index (χ0) is 18.2. The van der Waals surface area contributed by atoms with Crippen LogP contribution in [0.1, 0.15) is 5.56 Å². The average molecular weight is 343 g/mol. The Morgan fingerprint density at radius 2 is 1.76 bits per heavy atom. The molecule has 2 aromatic carbocycles. The van der Waals surface area contributed by atoms with Gasteiger partial charge >= 0.3 is 11.8 Å². The molecule has 8 heteroatoms. The summed E-state index contributed by atoms with van der Waals surface area (Å²) in [5.74, 6) is -1.14. The molecule has 130 valence electrons. The molecule has 0 aliphatic rings. The maximum Gasteiger partial charge on any atom is 0.313 e. The molecule has 2 aromatic rings. The van der Waals surface area contributed by atoms with Gasteiger partial charge in [0.05, 0.1) is 12.0 Å². The normalized spacial score (nSPS) is 9.96. The molecular weight excluding hydrogens is 326 g/mol. The minimum Gasteiger partial charge on any atom is -0.496 e. The predicted octanol–water partition coefficient (Wildman–Crippen LogP) is 1.90. The summed E-state index contributed by atoms with van der Waals surface area (Å²) in [4.78, 5) is 34.0. The number of methoxy groups -OCH3 is 1. The van der Waals surface area contributed by atoms with Crippen LogP contribution < -0.4 is 15.4 Å². The van der Waals surface area contributed by atoms with Crippen LogP contribution in [0.2, 0.25) is 0 Å². The lowest BCUT2D eigenvalue weighted by atomic mass is 10.1. The lowest BCUT2D eigenvalue weighted by Crippen LogP contribution is -2.36. The molecule has 0 aromatic heterocycles. The van der Waals surface area contributed by atoms with E-state index in [-0.39, 0.29) is 17.9 Å². The van der Waals surface area contributed by atoms with Gasteiger partial charge in [0.25, 0.3) is 5.69 Å². The Kier molecular flexibility index (Phi) is 6.05. The molecule has 0 bridgehead atoms. The van der Waals surface area contributed by atoms with Crippen LogP contribution in [0.25, 0.3) is 0 Å². The van der Waals surface area contributed by atoms with Crippen LogP contribution in [-0.2, 0) is 16.0 Å². The topological polar surface area (TPSA) is 111 Å². The highest BCUT2D eigenvalue weighted by atomic mass is 16.6. The number of benzene rings is 2. The van der Waals surface area contributed by atoms with E-state index in [0.29, 0.717) is 12.2 Å². The van der Waals surface area contributed by atoms with E-state index in [1.807, 2.05) is 18.2 Å². The number of anilines is 1. The van der Waals surface area contributed by atoms with Crippen LogP contribution in [0.3, 0.4) is 0 Å². The first-order chi connectivity index (χ1) is 12.0. The standard InChI is InChI=1S/C17H17N3O5/c1-25-15-9-5-2-6-12(15)10-11-18-16(21)17(22)19-13-7-3-4-8-14(13)20(23)24/h2-9H,10-11H2,1H3,(H,18,21)(H,19,22). The van der Waals surface area contributed by atoms with Crippen molar-refractivity contribution >= 4 is 23.2 Å². The fourth-order valence-corrected chi connectivity index (χ4v) is 2.22. The maximum absolute atomic E-state index is 11.9. The van der Waals surface area contributed by atoms with Crippen molar-refractivity contribution in [1.82, 2.24) is 5.32 Å². The summed E-state index contributed by atoms with van der Waals surface area (Å²) in [6, 6.07) is 13.0. The van der Waals surface area contributed by atoms with E-state index in [1.165, 1.54) is 24.3 Å². The summed E-state index contributed by atoms with van der Waals surface area (Å²) in [6.45, 7) is 0.226. The van der Waals surface area contributed by atoms with Gasteiger partial charge in [-0.3, -0.25) is 19.7 Å². The predicted molar refractivity (Wildman–Crippen MR) is 91.4 cm³/mol. The van der Waals surface area contributed by atoms with E-state index >= 15 is 0 Å². The molecule has 0 radical (unpaired) electrons. The zero-order valence-electron chi connectivity index (χ0n) is 13.5. The number of carbonyl (C=O) groups excluding carboxylic acids is 2. The molecule has 2 amide bonds. The average Bonchev–Trinajstić information content (AvgIpc) is 2.62. The molecule has 0 unspecified atom stereocenters. The molecule has 0 atom stereocenters. The van der Waals surface area contributed by atoms with Crippen LogP contribution in [-0.4, -0.2) is 30.4 Å². The Morgan fingerprint density at radius 1 is 1.08 bits per heavy atom. The summed E-state index contributed by atoms with van der Waals surface area (Å²) in [5, 5.41) is 15.6. The van der Waals surface area contributed by atoms with Crippen LogP contribution in [0, 0.1) is 10.1 Å². The van der Waals surface area contributed by atoms with Gasteiger partial charge in [-0.05, 0) is 24.1 Å². The highest BCUT2D eigenvalue weighted by Gasteiger charge is 2.19. The number of hydrogen-bond acceptors (Lipinski definition) is 5. The maximum atomic E-state index is 11.9. The molecule has 0 aliphatic heterocycles. The number of hydrogen-bond donors (Lipinski definition) is 2. The van der Waals surface area contributed by atoms with Crippen molar-refractivity contribution in [2.75, 3.05) is 19.0 Å². The number of nitro benzene ring substituents is 1. The van der Waals surface area contributed by atoms with Crippen LogP contribution in [0.5, 0.6) is 5.75 Å². The van der Waals surface area contributed by atoms with Crippen molar-refractivity contribution in [3.63, 3.8) is 0 Å². The summed E-state index contributed by atoms with van der Waals surface area (Å²) >= 11 is 0. The third kappa shape index (κ3) is 4.77. The van der Waals surface area contributed by atoms with Gasteiger partial charge in [0.15, 0.2) is 0 Å². The van der Waals surface area contributed by atoms with E-state index in [2.05, 4.69) is 10.6 Å². The first-order valence-electron chi connectivity index (χ1n) is 7.47. The highest BCUT2D eigenvalue weighted by molar-refractivity contribution is 6.39. The van der Waals surface area contributed by atoms with Crippen LogP contribution in [0.15, 0.2) is 48.5 Å². The first-order valence-corrected chi connectivity index (χ1v) is 7.47. The second kappa shape index (κ2) is 8.44. The van der Waals surface area contributed by atoms with E-state index < -0.39 is 16.7 Å². The molecule has 0 fully saturated rings. The molecule has 0 spiro atoms. The minimum atomic E-state index is -0.964. The molecule has 2 rings (SSSR count). The Labute approximate surface area is 144 Å². The fourth-order valence-electron chi connectivity index (χ4n) is 2.22. The zero-order valence-corrected chi connectivity index (χ0v) is 13.5. The molecule has 8 nitrogen and oxygen atoms in total. The minimum absolute atomic E-state index is 0.0302. The summed E-state index contributed by atoms with van der Waals surface area (Å²) in [7, 11) is 1.55. The largest absolute Gasteiger partial charge is 0.496 e. The first kappa shape index (κ1) is 17.9. The van der Waals surface area contributed by atoms with Gasteiger partial charge in [0, 0.05) is 12.6 Å². The number of ether oxygens (including phenoxy) is 1. The smallest absolute Gasteiger partial charge is 0.313 e. The third-order valence-electron chi connectivity index (χ3n) is 3.43. The quantitative estimate of drug-likeness (QED) is 0.473. The Hall–Kier alpha value is -3.42. The van der Waals surface area contributed by atoms with Crippen molar-refractivity contribution in [2.24, 2.45) is 0 Å². The SMILES string of the molecule is COc1ccccc1CCNC(=O)C(=O)Nc1ccccc1[N+](=O)[O-]. The van der Waals surface area contributed by atoms with E-state index in [4.69, 9.17) is 4.74 Å². The molecule has 0 saturated carbocycles. The number of rotatable bonds is 6. The van der Waals surface area contributed by atoms with Gasteiger partial charge in [-0.15, -0.1) is 0 Å². The van der Waals surface area contributed by atoms with Crippen molar-refractivity contribution in [3.8, 4) is 5.75 Å². The van der Waals surface area contributed by atoms with Crippen molar-refractivity contribution in [3.05, 3.63) is 64.2 Å². The Morgan fingerprint density at radius 3 is 2.48 bits per heavy atom. The number of para-hydroxylation sites is 3. The number of nitrogens with zero attached hydrogens (tertiary/aromatic N) is 1. The lowest BCUT2D eigenvalue weighted by molar-refractivity contribution is -0.383. The van der Waals surface area contributed by atoms with E-state index in [1.54, 1.807) is 13.2 Å². The summed E-state index contributed by atoms with van der Waals surface area (Å²) in [6.07, 6.45) is 0.481.